The van der Waals surface area contributed by atoms with E-state index in [0.717, 1.165) is 95.8 Å². The van der Waals surface area contributed by atoms with Crippen LogP contribution in [0, 0.1) is 5.92 Å². The second kappa shape index (κ2) is 67.3. The summed E-state index contributed by atoms with van der Waals surface area (Å²) in [5.41, 5.74) is 0. The summed E-state index contributed by atoms with van der Waals surface area (Å²) in [5.74, 6) is -1.27. The van der Waals surface area contributed by atoms with Gasteiger partial charge in [-0.3, -0.25) is 37.3 Å². The lowest BCUT2D eigenvalue weighted by atomic mass is 9.99. The number of esters is 4. The first kappa shape index (κ1) is 91.1. The second-order valence-corrected chi connectivity index (χ2v) is 29.8. The molecule has 0 heterocycles. The molecule has 0 saturated heterocycles. The molecule has 3 N–H and O–H groups in total. The predicted octanol–water partition coefficient (Wildman–Crippen LogP) is 21.7. The average molecular weight is 1370 g/mol. The van der Waals surface area contributed by atoms with Gasteiger partial charge in [0.25, 0.3) is 0 Å². The minimum absolute atomic E-state index is 0.108. The monoisotopic (exact) mass is 1370 g/mol. The lowest BCUT2D eigenvalue weighted by molar-refractivity contribution is -0.161. The molecule has 6 atom stereocenters. The van der Waals surface area contributed by atoms with Gasteiger partial charge in [-0.2, -0.15) is 0 Å². The SMILES string of the molecule is CCCCCCCCCCCCCCC(=O)OC[C@H](COP(=O)(O)OC[C@@H](O)COP(=O)(O)OC[C@@H](COC(=O)CCCCCCCCCCCCC)OC(=O)CCCCCCCCCCCCCC)OC(=O)CCCCCCCCCCCCCCCCC(C)CC. The molecule has 0 aliphatic carbocycles. The maximum atomic E-state index is 13.1. The van der Waals surface area contributed by atoms with Gasteiger partial charge in [0.1, 0.15) is 19.3 Å². The van der Waals surface area contributed by atoms with Gasteiger partial charge in [0.2, 0.25) is 0 Å². The van der Waals surface area contributed by atoms with Crippen LogP contribution in [0.3, 0.4) is 0 Å². The molecule has 0 bridgehead atoms. The van der Waals surface area contributed by atoms with E-state index < -0.39 is 97.5 Å². The number of aliphatic hydroxyl groups is 1. The first-order valence-electron chi connectivity index (χ1n) is 38.7. The zero-order valence-corrected chi connectivity index (χ0v) is 62.2. The molecule has 17 nitrogen and oxygen atoms in total. The van der Waals surface area contributed by atoms with Crippen molar-refractivity contribution in [1.82, 2.24) is 0 Å². The fourth-order valence-electron chi connectivity index (χ4n) is 11.3. The molecule has 19 heteroatoms. The summed E-state index contributed by atoms with van der Waals surface area (Å²) in [6, 6.07) is 0. The molecule has 0 aliphatic rings. The van der Waals surface area contributed by atoms with Crippen molar-refractivity contribution < 1.29 is 80.2 Å². The van der Waals surface area contributed by atoms with E-state index in [4.69, 9.17) is 37.0 Å². The molecule has 0 spiro atoms. The van der Waals surface area contributed by atoms with Crippen molar-refractivity contribution >= 4 is 39.5 Å². The molecule has 0 radical (unpaired) electrons. The van der Waals surface area contributed by atoms with E-state index >= 15 is 0 Å². The Labute approximate surface area is 568 Å². The molecule has 0 rings (SSSR count). The van der Waals surface area contributed by atoms with Gasteiger partial charge >= 0.3 is 39.5 Å². The van der Waals surface area contributed by atoms with Crippen LogP contribution < -0.4 is 0 Å². The highest BCUT2D eigenvalue weighted by molar-refractivity contribution is 7.47. The van der Waals surface area contributed by atoms with Crippen LogP contribution in [-0.2, 0) is 65.4 Å². The number of rotatable bonds is 74. The van der Waals surface area contributed by atoms with E-state index in [1.165, 1.54) is 212 Å². The van der Waals surface area contributed by atoms with E-state index in [-0.39, 0.29) is 25.7 Å². The Balaban J connectivity index is 5.23. The van der Waals surface area contributed by atoms with Crippen LogP contribution in [0.2, 0.25) is 0 Å². The summed E-state index contributed by atoms with van der Waals surface area (Å²) < 4.78 is 68.4. The highest BCUT2D eigenvalue weighted by Gasteiger charge is 2.30. The molecule has 0 saturated carbocycles. The molecule has 93 heavy (non-hydrogen) atoms. The Kier molecular flexibility index (Phi) is 65.9. The lowest BCUT2D eigenvalue weighted by Crippen LogP contribution is -2.30. The minimum atomic E-state index is -4.95. The molecule has 552 valence electrons. The summed E-state index contributed by atoms with van der Waals surface area (Å²) in [6.45, 7) is 7.33. The highest BCUT2D eigenvalue weighted by Crippen LogP contribution is 2.45. The van der Waals surface area contributed by atoms with Gasteiger partial charge in [0.05, 0.1) is 26.4 Å². The largest absolute Gasteiger partial charge is 0.472 e. The van der Waals surface area contributed by atoms with Gasteiger partial charge in [-0.05, 0) is 31.6 Å². The van der Waals surface area contributed by atoms with Gasteiger partial charge < -0.3 is 33.8 Å². The van der Waals surface area contributed by atoms with Crippen LogP contribution in [-0.4, -0.2) is 96.7 Å². The number of unbranched alkanes of at least 4 members (excludes halogenated alkanes) is 45. The standard InChI is InChI=1S/C74H144O17P2/c1-6-10-13-16-19-22-25-33-38-43-48-53-58-72(77)85-64-70(91-74(79)60-55-50-45-40-35-30-28-27-29-32-36-41-46-51-56-67(5)9-4)66-89-93(82,83)87-62-68(75)61-86-92(80,81)88-65-69(63-84-71(76)57-52-47-42-37-31-24-21-18-15-12-8-3)90-73(78)59-54-49-44-39-34-26-23-20-17-14-11-7-2/h67-70,75H,6-66H2,1-5H3,(H,80,81)(H,82,83)/t67?,68-,69+,70+/m0/s1. The van der Waals surface area contributed by atoms with E-state index in [9.17, 15) is 43.2 Å². The quantitative estimate of drug-likeness (QED) is 0.0222. The maximum absolute atomic E-state index is 13.1. The third kappa shape index (κ3) is 67.0. The van der Waals surface area contributed by atoms with Crippen LogP contribution in [0.15, 0.2) is 0 Å². The molecule has 0 aromatic heterocycles. The van der Waals surface area contributed by atoms with Crippen LogP contribution in [0.5, 0.6) is 0 Å². The first-order valence-corrected chi connectivity index (χ1v) is 41.7. The molecule has 3 unspecified atom stereocenters. The number of carbonyl (C=O) groups excluding carboxylic acids is 4. The number of phosphoric ester groups is 2. The third-order valence-corrected chi connectivity index (χ3v) is 19.5. The smallest absolute Gasteiger partial charge is 0.462 e. The van der Waals surface area contributed by atoms with E-state index in [1.807, 2.05) is 0 Å². The van der Waals surface area contributed by atoms with Crippen molar-refractivity contribution in [1.29, 1.82) is 0 Å². The van der Waals surface area contributed by atoms with Crippen molar-refractivity contribution in [3.05, 3.63) is 0 Å². The zero-order valence-electron chi connectivity index (χ0n) is 60.4. The fourth-order valence-corrected chi connectivity index (χ4v) is 12.9. The Morgan fingerprint density at radius 1 is 0.301 bits per heavy atom. The van der Waals surface area contributed by atoms with Gasteiger partial charge in [-0.1, -0.05) is 336 Å². The van der Waals surface area contributed by atoms with Crippen LogP contribution in [0.25, 0.3) is 0 Å². The second-order valence-electron chi connectivity index (χ2n) is 26.9. The number of hydrogen-bond acceptors (Lipinski definition) is 15. The van der Waals surface area contributed by atoms with Crippen molar-refractivity contribution in [2.24, 2.45) is 5.92 Å². The Bertz CT molecular complexity index is 1790. The van der Waals surface area contributed by atoms with Crippen molar-refractivity contribution in [2.75, 3.05) is 39.6 Å². The average Bonchev–Trinajstić information content (AvgIpc) is 3.63. The molecule has 0 fully saturated rings. The van der Waals surface area contributed by atoms with Gasteiger partial charge in [0.15, 0.2) is 12.2 Å². The van der Waals surface area contributed by atoms with Crippen molar-refractivity contribution in [3.63, 3.8) is 0 Å². The summed E-state index contributed by atoms with van der Waals surface area (Å²) >= 11 is 0. The van der Waals surface area contributed by atoms with Crippen molar-refractivity contribution in [2.45, 2.75) is 406 Å². The van der Waals surface area contributed by atoms with Crippen LogP contribution >= 0.6 is 15.6 Å². The fraction of sp³-hybridized carbons (Fsp3) is 0.946. The number of carbonyl (C=O) groups is 4. The Hall–Kier alpha value is -1.94. The van der Waals surface area contributed by atoms with Gasteiger partial charge in [-0.25, -0.2) is 9.13 Å². The first-order chi connectivity index (χ1) is 45.1. The predicted molar refractivity (Wildman–Crippen MR) is 377 cm³/mol. The topological polar surface area (TPSA) is 237 Å². The zero-order chi connectivity index (χ0) is 68.4. The molecule has 0 amide bonds. The molecular weight excluding hydrogens is 1220 g/mol. The van der Waals surface area contributed by atoms with E-state index in [1.54, 1.807) is 0 Å². The number of phosphoric acid groups is 2. The minimum Gasteiger partial charge on any atom is -0.462 e. The molecule has 0 aromatic carbocycles. The highest BCUT2D eigenvalue weighted by atomic mass is 31.2. The normalized spacial score (nSPS) is 14.3. The number of ether oxygens (including phenoxy) is 4. The summed E-state index contributed by atoms with van der Waals surface area (Å²) in [4.78, 5) is 72.7. The van der Waals surface area contributed by atoms with Crippen LogP contribution in [0.1, 0.15) is 388 Å². The maximum Gasteiger partial charge on any atom is 0.472 e. The molecule has 0 aliphatic heterocycles. The van der Waals surface area contributed by atoms with E-state index in [2.05, 4.69) is 34.6 Å². The lowest BCUT2D eigenvalue weighted by Gasteiger charge is -2.21. The molecule has 0 aromatic rings. The molecular formula is C74H144O17P2. The summed E-state index contributed by atoms with van der Waals surface area (Å²) in [5, 5.41) is 10.6. The van der Waals surface area contributed by atoms with Crippen molar-refractivity contribution in [3.8, 4) is 0 Å². The third-order valence-electron chi connectivity index (χ3n) is 17.6. The Morgan fingerprint density at radius 3 is 0.763 bits per heavy atom. The number of aliphatic hydroxyl groups excluding tert-OH is 1. The summed E-state index contributed by atoms with van der Waals surface area (Å²) in [6.07, 6.45) is 55.2. The number of hydrogen-bond donors (Lipinski definition) is 3. The Morgan fingerprint density at radius 2 is 0.516 bits per heavy atom. The van der Waals surface area contributed by atoms with Crippen LogP contribution in [0.4, 0.5) is 0 Å². The summed E-state index contributed by atoms with van der Waals surface area (Å²) in [7, 11) is -9.90. The van der Waals surface area contributed by atoms with Gasteiger partial charge in [0, 0.05) is 25.7 Å². The van der Waals surface area contributed by atoms with E-state index in [0.29, 0.717) is 25.7 Å². The van der Waals surface area contributed by atoms with Gasteiger partial charge in [-0.15, -0.1) is 0 Å².